The van der Waals surface area contributed by atoms with Gasteiger partial charge in [-0.3, -0.25) is 0 Å². The third-order valence-electron chi connectivity index (χ3n) is 3.85. The van der Waals surface area contributed by atoms with Gasteiger partial charge in [0.2, 0.25) is 0 Å². The van der Waals surface area contributed by atoms with Crippen molar-refractivity contribution in [1.82, 2.24) is 19.7 Å². The summed E-state index contributed by atoms with van der Waals surface area (Å²) in [5, 5.41) is 8.32. The fraction of sp³-hybridized carbons (Fsp3) is 0.389. The highest BCUT2D eigenvalue weighted by atomic mass is 19.1. The number of ether oxygens (including phenoxy) is 1. The lowest BCUT2D eigenvalue weighted by Gasteiger charge is -2.08. The maximum absolute atomic E-state index is 14.0. The van der Waals surface area contributed by atoms with Crippen molar-refractivity contribution < 1.29 is 9.13 Å². The SMILES string of the molecule is CCCCOCCCNc1ncnc2c1cnn2-c1ccccc1F. The second-order valence-corrected chi connectivity index (χ2v) is 5.71. The van der Waals surface area contributed by atoms with E-state index in [2.05, 4.69) is 27.3 Å². The van der Waals surface area contributed by atoms with Gasteiger partial charge in [0.1, 0.15) is 23.6 Å². The van der Waals surface area contributed by atoms with E-state index in [9.17, 15) is 4.39 Å². The summed E-state index contributed by atoms with van der Waals surface area (Å²) in [6, 6.07) is 6.49. The van der Waals surface area contributed by atoms with Crippen LogP contribution >= 0.6 is 0 Å². The van der Waals surface area contributed by atoms with E-state index in [-0.39, 0.29) is 5.82 Å². The van der Waals surface area contributed by atoms with Gasteiger partial charge in [0.25, 0.3) is 0 Å². The molecular weight excluding hydrogens is 321 g/mol. The molecule has 3 aromatic rings. The maximum atomic E-state index is 14.0. The molecule has 0 aliphatic carbocycles. The number of halogens is 1. The van der Waals surface area contributed by atoms with Gasteiger partial charge in [0.15, 0.2) is 5.65 Å². The standard InChI is InChI=1S/C18H22FN5O/c1-2-3-10-25-11-6-9-20-17-14-12-23-24(18(14)22-13-21-17)16-8-5-4-7-15(16)19/h4-5,7-8,12-13H,2-3,6,9-11H2,1H3,(H,20,21,22). The van der Waals surface area contributed by atoms with Crippen molar-refractivity contribution in [3.63, 3.8) is 0 Å². The Morgan fingerprint density at radius 3 is 2.84 bits per heavy atom. The Labute approximate surface area is 146 Å². The number of hydrogen-bond acceptors (Lipinski definition) is 5. The molecule has 0 radical (unpaired) electrons. The minimum absolute atomic E-state index is 0.343. The van der Waals surface area contributed by atoms with Gasteiger partial charge < -0.3 is 10.1 Å². The molecular formula is C18H22FN5O. The van der Waals surface area contributed by atoms with Crippen LogP contribution in [0.5, 0.6) is 0 Å². The first kappa shape index (κ1) is 17.3. The number of anilines is 1. The number of hydrogen-bond donors (Lipinski definition) is 1. The summed E-state index contributed by atoms with van der Waals surface area (Å²) in [5.41, 5.74) is 0.938. The summed E-state index contributed by atoms with van der Waals surface area (Å²) in [4.78, 5) is 8.53. The van der Waals surface area contributed by atoms with E-state index in [4.69, 9.17) is 4.74 Å². The van der Waals surface area contributed by atoms with Crippen molar-refractivity contribution in [3.8, 4) is 5.69 Å². The Morgan fingerprint density at radius 1 is 1.16 bits per heavy atom. The number of nitrogens with zero attached hydrogens (tertiary/aromatic N) is 4. The smallest absolute Gasteiger partial charge is 0.168 e. The van der Waals surface area contributed by atoms with Crippen LogP contribution in [-0.4, -0.2) is 39.5 Å². The molecule has 25 heavy (non-hydrogen) atoms. The summed E-state index contributed by atoms with van der Waals surface area (Å²) in [5.74, 6) is 0.353. The lowest BCUT2D eigenvalue weighted by atomic mass is 10.3. The fourth-order valence-electron chi connectivity index (χ4n) is 2.51. The van der Waals surface area contributed by atoms with Gasteiger partial charge in [0, 0.05) is 19.8 Å². The predicted octanol–water partition coefficient (Wildman–Crippen LogP) is 3.57. The summed E-state index contributed by atoms with van der Waals surface area (Å²) >= 11 is 0. The molecule has 0 saturated heterocycles. The van der Waals surface area contributed by atoms with Crippen LogP contribution in [-0.2, 0) is 4.74 Å². The summed E-state index contributed by atoms with van der Waals surface area (Å²) in [6.07, 6.45) is 6.23. The van der Waals surface area contributed by atoms with Crippen LogP contribution in [0, 0.1) is 5.82 Å². The summed E-state index contributed by atoms with van der Waals surface area (Å²) < 4.78 is 21.1. The molecule has 6 nitrogen and oxygen atoms in total. The molecule has 0 aliphatic heterocycles. The summed E-state index contributed by atoms with van der Waals surface area (Å²) in [6.45, 7) is 4.41. The van der Waals surface area contributed by atoms with Crippen molar-refractivity contribution in [1.29, 1.82) is 0 Å². The quantitative estimate of drug-likeness (QED) is 0.602. The Hall–Kier alpha value is -2.54. The van der Waals surface area contributed by atoms with Crippen molar-refractivity contribution in [2.24, 2.45) is 0 Å². The molecule has 1 aromatic carbocycles. The Morgan fingerprint density at radius 2 is 2.00 bits per heavy atom. The number of unbranched alkanes of at least 4 members (excludes halogenated alkanes) is 1. The van der Waals surface area contributed by atoms with E-state index in [1.54, 1.807) is 24.4 Å². The minimum atomic E-state index is -0.343. The van der Waals surface area contributed by atoms with Gasteiger partial charge in [-0.2, -0.15) is 5.10 Å². The monoisotopic (exact) mass is 343 g/mol. The predicted molar refractivity (Wildman–Crippen MR) is 95.5 cm³/mol. The van der Waals surface area contributed by atoms with E-state index < -0.39 is 0 Å². The van der Waals surface area contributed by atoms with Crippen molar-refractivity contribution in [3.05, 3.63) is 42.6 Å². The molecule has 0 amide bonds. The largest absolute Gasteiger partial charge is 0.381 e. The zero-order chi connectivity index (χ0) is 17.5. The van der Waals surface area contributed by atoms with E-state index in [0.717, 1.165) is 44.4 Å². The lowest BCUT2D eigenvalue weighted by Crippen LogP contribution is -2.08. The number of fused-ring (bicyclic) bond motifs is 1. The Kier molecular flexibility index (Phi) is 5.90. The van der Waals surface area contributed by atoms with Crippen LogP contribution in [0.15, 0.2) is 36.8 Å². The molecule has 2 heterocycles. The molecule has 0 bridgehead atoms. The second kappa shape index (κ2) is 8.53. The van der Waals surface area contributed by atoms with Gasteiger partial charge in [-0.05, 0) is 25.0 Å². The van der Waals surface area contributed by atoms with E-state index in [0.29, 0.717) is 17.2 Å². The number of para-hydroxylation sites is 1. The van der Waals surface area contributed by atoms with Crippen LogP contribution in [0.3, 0.4) is 0 Å². The van der Waals surface area contributed by atoms with E-state index in [1.807, 2.05) is 0 Å². The fourth-order valence-corrected chi connectivity index (χ4v) is 2.51. The molecule has 132 valence electrons. The Bertz CT molecular complexity index is 820. The second-order valence-electron chi connectivity index (χ2n) is 5.71. The third-order valence-corrected chi connectivity index (χ3v) is 3.85. The highest BCUT2D eigenvalue weighted by molar-refractivity contribution is 5.87. The minimum Gasteiger partial charge on any atom is -0.381 e. The van der Waals surface area contributed by atoms with E-state index >= 15 is 0 Å². The molecule has 0 saturated carbocycles. The molecule has 0 unspecified atom stereocenters. The van der Waals surface area contributed by atoms with Crippen LogP contribution in [0.4, 0.5) is 10.2 Å². The topological polar surface area (TPSA) is 64.9 Å². The molecule has 0 atom stereocenters. The molecule has 7 heteroatoms. The van der Waals surface area contributed by atoms with Crippen LogP contribution < -0.4 is 5.32 Å². The number of nitrogens with one attached hydrogen (secondary N) is 1. The highest BCUT2D eigenvalue weighted by Crippen LogP contribution is 2.22. The van der Waals surface area contributed by atoms with Crippen LogP contribution in [0.2, 0.25) is 0 Å². The first-order valence-electron chi connectivity index (χ1n) is 8.56. The van der Waals surface area contributed by atoms with Gasteiger partial charge >= 0.3 is 0 Å². The molecule has 1 N–H and O–H groups in total. The highest BCUT2D eigenvalue weighted by Gasteiger charge is 2.13. The van der Waals surface area contributed by atoms with Crippen LogP contribution in [0.25, 0.3) is 16.7 Å². The molecule has 0 fully saturated rings. The molecule has 3 rings (SSSR count). The molecule has 0 aliphatic rings. The van der Waals surface area contributed by atoms with Gasteiger partial charge in [-0.1, -0.05) is 25.5 Å². The maximum Gasteiger partial charge on any atom is 0.168 e. The van der Waals surface area contributed by atoms with Crippen molar-refractivity contribution in [2.45, 2.75) is 26.2 Å². The number of aromatic nitrogens is 4. The summed E-state index contributed by atoms with van der Waals surface area (Å²) in [7, 11) is 0. The average molecular weight is 343 g/mol. The first-order chi connectivity index (χ1) is 12.3. The van der Waals surface area contributed by atoms with Crippen molar-refractivity contribution in [2.75, 3.05) is 25.1 Å². The average Bonchev–Trinajstić information content (AvgIpc) is 3.06. The van der Waals surface area contributed by atoms with Gasteiger partial charge in [0.05, 0.1) is 11.6 Å². The molecule has 2 aromatic heterocycles. The number of benzene rings is 1. The van der Waals surface area contributed by atoms with Crippen molar-refractivity contribution >= 4 is 16.9 Å². The lowest BCUT2D eigenvalue weighted by molar-refractivity contribution is 0.131. The van der Waals surface area contributed by atoms with E-state index in [1.165, 1.54) is 17.1 Å². The van der Waals surface area contributed by atoms with Gasteiger partial charge in [-0.25, -0.2) is 19.0 Å². The first-order valence-corrected chi connectivity index (χ1v) is 8.56. The Balaban J connectivity index is 1.68. The molecule has 0 spiro atoms. The number of rotatable bonds is 9. The normalized spacial score (nSPS) is 11.1. The van der Waals surface area contributed by atoms with Gasteiger partial charge in [-0.15, -0.1) is 0 Å². The third kappa shape index (κ3) is 4.11. The van der Waals surface area contributed by atoms with Crippen LogP contribution in [0.1, 0.15) is 26.2 Å². The zero-order valence-electron chi connectivity index (χ0n) is 14.3. The zero-order valence-corrected chi connectivity index (χ0v) is 14.3.